The van der Waals surface area contributed by atoms with Crippen LogP contribution in [0, 0.1) is 0 Å². The first-order chi connectivity index (χ1) is 9.18. The van der Waals surface area contributed by atoms with Crippen LogP contribution in [0.4, 0.5) is 0 Å². The molecule has 0 amide bonds. The predicted octanol–water partition coefficient (Wildman–Crippen LogP) is 3.70. The molecular formula is C17H21NO. The van der Waals surface area contributed by atoms with Crippen molar-refractivity contribution in [2.45, 2.75) is 19.3 Å². The molecule has 0 saturated heterocycles. The number of benzene rings is 2. The Kier molecular flexibility index (Phi) is 4.72. The molecule has 0 aliphatic carbocycles. The van der Waals surface area contributed by atoms with Crippen LogP contribution in [-0.2, 0) is 4.74 Å². The molecular weight excluding hydrogens is 234 g/mol. The molecule has 0 aromatic heterocycles. The number of rotatable bonds is 5. The number of hydrogen-bond acceptors (Lipinski definition) is 2. The molecule has 0 heterocycles. The van der Waals surface area contributed by atoms with E-state index in [0.29, 0.717) is 0 Å². The Labute approximate surface area is 115 Å². The normalized spacial score (nSPS) is 12.9. The SMILES string of the molecule is CC(OC(c1ccccc1)c1ccccc1)N(C)C. The molecule has 0 aliphatic rings. The van der Waals surface area contributed by atoms with Gasteiger partial charge in [-0.3, -0.25) is 4.90 Å². The first-order valence-electron chi connectivity index (χ1n) is 6.60. The average molecular weight is 255 g/mol. The van der Waals surface area contributed by atoms with Gasteiger partial charge >= 0.3 is 0 Å². The van der Waals surface area contributed by atoms with E-state index < -0.39 is 0 Å². The van der Waals surface area contributed by atoms with Crippen molar-refractivity contribution < 1.29 is 4.74 Å². The van der Waals surface area contributed by atoms with Gasteiger partial charge in [0.15, 0.2) is 0 Å². The Hall–Kier alpha value is -1.64. The molecule has 19 heavy (non-hydrogen) atoms. The Bertz CT molecular complexity index is 442. The van der Waals surface area contributed by atoms with Crippen LogP contribution in [-0.4, -0.2) is 25.2 Å². The molecule has 0 N–H and O–H groups in total. The molecule has 0 saturated carbocycles. The fourth-order valence-electron chi connectivity index (χ4n) is 1.92. The van der Waals surface area contributed by atoms with E-state index in [1.165, 1.54) is 11.1 Å². The lowest BCUT2D eigenvalue weighted by Gasteiger charge is -2.27. The molecule has 2 aromatic rings. The Morgan fingerprint density at radius 2 is 1.21 bits per heavy atom. The van der Waals surface area contributed by atoms with Gasteiger partial charge in [-0.15, -0.1) is 0 Å². The lowest BCUT2D eigenvalue weighted by molar-refractivity contribution is -0.0565. The predicted molar refractivity (Wildman–Crippen MR) is 79.0 cm³/mol. The number of hydrogen-bond donors (Lipinski definition) is 0. The van der Waals surface area contributed by atoms with Gasteiger partial charge in [0.25, 0.3) is 0 Å². The third-order valence-corrected chi connectivity index (χ3v) is 3.26. The van der Waals surface area contributed by atoms with Gasteiger partial charge in [-0.25, -0.2) is 0 Å². The van der Waals surface area contributed by atoms with Crippen LogP contribution in [0.3, 0.4) is 0 Å². The second-order valence-electron chi connectivity index (χ2n) is 4.90. The lowest BCUT2D eigenvalue weighted by atomic mass is 10.0. The maximum atomic E-state index is 6.21. The summed E-state index contributed by atoms with van der Waals surface area (Å²) in [7, 11) is 4.05. The minimum atomic E-state index is -0.0280. The summed E-state index contributed by atoms with van der Waals surface area (Å²) < 4.78 is 6.21. The first-order valence-corrected chi connectivity index (χ1v) is 6.60. The third kappa shape index (κ3) is 3.66. The van der Waals surface area contributed by atoms with E-state index in [-0.39, 0.29) is 12.3 Å². The van der Waals surface area contributed by atoms with Crippen LogP contribution >= 0.6 is 0 Å². The zero-order chi connectivity index (χ0) is 13.7. The monoisotopic (exact) mass is 255 g/mol. The van der Waals surface area contributed by atoms with Crippen LogP contribution in [0.1, 0.15) is 24.2 Å². The summed E-state index contributed by atoms with van der Waals surface area (Å²) >= 11 is 0. The zero-order valence-electron chi connectivity index (χ0n) is 11.8. The van der Waals surface area contributed by atoms with E-state index in [0.717, 1.165) is 0 Å². The van der Waals surface area contributed by atoms with Crippen LogP contribution in [0.15, 0.2) is 60.7 Å². The lowest BCUT2D eigenvalue weighted by Crippen LogP contribution is -2.29. The van der Waals surface area contributed by atoms with Crippen LogP contribution < -0.4 is 0 Å². The van der Waals surface area contributed by atoms with Gasteiger partial charge in [-0.2, -0.15) is 0 Å². The Morgan fingerprint density at radius 3 is 1.58 bits per heavy atom. The van der Waals surface area contributed by atoms with Crippen molar-refractivity contribution in [3.8, 4) is 0 Å². The third-order valence-electron chi connectivity index (χ3n) is 3.26. The molecule has 0 bridgehead atoms. The summed E-state index contributed by atoms with van der Waals surface area (Å²) in [5.74, 6) is 0. The van der Waals surface area contributed by atoms with Gasteiger partial charge in [0.05, 0.1) is 0 Å². The molecule has 100 valence electrons. The average Bonchev–Trinajstić information content (AvgIpc) is 2.46. The highest BCUT2D eigenvalue weighted by Crippen LogP contribution is 2.27. The summed E-state index contributed by atoms with van der Waals surface area (Å²) in [6, 6.07) is 20.7. The Morgan fingerprint density at radius 1 is 0.789 bits per heavy atom. The largest absolute Gasteiger partial charge is 0.351 e. The minimum Gasteiger partial charge on any atom is -0.351 e. The molecule has 0 radical (unpaired) electrons. The van der Waals surface area contributed by atoms with Gasteiger partial charge in [-0.1, -0.05) is 60.7 Å². The molecule has 0 spiro atoms. The summed E-state index contributed by atoms with van der Waals surface area (Å²) in [5, 5.41) is 0. The van der Waals surface area contributed by atoms with E-state index in [2.05, 4.69) is 60.4 Å². The summed E-state index contributed by atoms with van der Waals surface area (Å²) in [5.41, 5.74) is 2.37. The fourth-order valence-corrected chi connectivity index (χ4v) is 1.92. The van der Waals surface area contributed by atoms with E-state index in [1.807, 2.05) is 26.2 Å². The minimum absolute atomic E-state index is 0.0280. The topological polar surface area (TPSA) is 12.5 Å². The Balaban J connectivity index is 2.29. The van der Waals surface area contributed by atoms with Crippen molar-refractivity contribution in [1.29, 1.82) is 0 Å². The molecule has 2 rings (SSSR count). The summed E-state index contributed by atoms with van der Waals surface area (Å²) in [6.45, 7) is 2.07. The number of ether oxygens (including phenoxy) is 1. The molecule has 2 aromatic carbocycles. The smallest absolute Gasteiger partial charge is 0.110 e. The van der Waals surface area contributed by atoms with Crippen molar-refractivity contribution in [2.75, 3.05) is 14.1 Å². The van der Waals surface area contributed by atoms with Crippen molar-refractivity contribution in [1.82, 2.24) is 4.90 Å². The summed E-state index contributed by atoms with van der Waals surface area (Å²) in [6.07, 6.45) is 0.0326. The highest BCUT2D eigenvalue weighted by Gasteiger charge is 2.18. The van der Waals surface area contributed by atoms with Crippen LogP contribution in [0.25, 0.3) is 0 Å². The fraction of sp³-hybridized carbons (Fsp3) is 0.294. The molecule has 2 nitrogen and oxygen atoms in total. The zero-order valence-corrected chi connectivity index (χ0v) is 11.8. The van der Waals surface area contributed by atoms with Crippen molar-refractivity contribution in [2.24, 2.45) is 0 Å². The van der Waals surface area contributed by atoms with Gasteiger partial charge < -0.3 is 4.74 Å². The van der Waals surface area contributed by atoms with Crippen molar-refractivity contribution >= 4 is 0 Å². The van der Waals surface area contributed by atoms with Gasteiger partial charge in [0.1, 0.15) is 12.3 Å². The quantitative estimate of drug-likeness (QED) is 0.755. The highest BCUT2D eigenvalue weighted by atomic mass is 16.5. The second-order valence-corrected chi connectivity index (χ2v) is 4.90. The van der Waals surface area contributed by atoms with E-state index in [9.17, 15) is 0 Å². The maximum absolute atomic E-state index is 6.21. The van der Waals surface area contributed by atoms with Crippen LogP contribution in [0.2, 0.25) is 0 Å². The molecule has 1 atom stereocenters. The van der Waals surface area contributed by atoms with Gasteiger partial charge in [0.2, 0.25) is 0 Å². The highest BCUT2D eigenvalue weighted by molar-refractivity contribution is 5.29. The van der Waals surface area contributed by atoms with E-state index in [4.69, 9.17) is 4.74 Å². The standard InChI is InChI=1S/C17H21NO/c1-14(18(2)3)19-17(15-10-6-4-7-11-15)16-12-8-5-9-13-16/h4-14,17H,1-3H3. The second kappa shape index (κ2) is 6.50. The first kappa shape index (κ1) is 13.8. The molecule has 2 heteroatoms. The maximum Gasteiger partial charge on any atom is 0.110 e. The van der Waals surface area contributed by atoms with Crippen LogP contribution in [0.5, 0.6) is 0 Å². The van der Waals surface area contributed by atoms with E-state index >= 15 is 0 Å². The number of nitrogens with zero attached hydrogens (tertiary/aromatic N) is 1. The summed E-state index contributed by atoms with van der Waals surface area (Å²) in [4.78, 5) is 2.07. The molecule has 0 fully saturated rings. The van der Waals surface area contributed by atoms with Crippen molar-refractivity contribution in [3.63, 3.8) is 0 Å². The van der Waals surface area contributed by atoms with Gasteiger partial charge in [-0.05, 0) is 32.1 Å². The van der Waals surface area contributed by atoms with Gasteiger partial charge in [0, 0.05) is 0 Å². The van der Waals surface area contributed by atoms with E-state index in [1.54, 1.807) is 0 Å². The van der Waals surface area contributed by atoms with Crippen molar-refractivity contribution in [3.05, 3.63) is 71.8 Å². The molecule has 0 aliphatic heterocycles. The molecule has 1 unspecified atom stereocenters.